The molecule has 2 rings (SSSR count). The van der Waals surface area contributed by atoms with Gasteiger partial charge in [-0.1, -0.05) is 12.8 Å². The maximum absolute atomic E-state index is 3.81. The molecule has 0 unspecified atom stereocenters. The summed E-state index contributed by atoms with van der Waals surface area (Å²) in [4.78, 5) is 0. The van der Waals surface area contributed by atoms with Gasteiger partial charge in [0.25, 0.3) is 0 Å². The van der Waals surface area contributed by atoms with Crippen LogP contribution in [0, 0.1) is 5.92 Å². The van der Waals surface area contributed by atoms with E-state index in [1.165, 1.54) is 37.2 Å². The number of hydrogen-bond donors (Lipinski definition) is 1. The molecule has 1 N–H and O–H groups in total. The van der Waals surface area contributed by atoms with E-state index in [9.17, 15) is 0 Å². The van der Waals surface area contributed by atoms with Crippen LogP contribution in [0.1, 0.15) is 39.5 Å². The Labute approximate surface area is 86.0 Å². The fraction of sp³-hybridized carbons (Fsp3) is 1.00. The van der Waals surface area contributed by atoms with Gasteiger partial charge < -0.3 is 5.32 Å². The molecule has 2 fully saturated rings. The summed E-state index contributed by atoms with van der Waals surface area (Å²) in [5.74, 6) is 3.59. The Morgan fingerprint density at radius 3 is 2.23 bits per heavy atom. The zero-order chi connectivity index (χ0) is 9.31. The van der Waals surface area contributed by atoms with Crippen molar-refractivity contribution in [1.82, 2.24) is 5.32 Å². The third kappa shape index (κ3) is 2.21. The van der Waals surface area contributed by atoms with Gasteiger partial charge in [-0.2, -0.15) is 11.8 Å². The lowest BCUT2D eigenvalue weighted by molar-refractivity contribution is 0.238. The molecule has 0 atom stereocenters. The van der Waals surface area contributed by atoms with Crippen molar-refractivity contribution >= 4 is 11.8 Å². The van der Waals surface area contributed by atoms with Gasteiger partial charge in [0.05, 0.1) is 0 Å². The Morgan fingerprint density at radius 2 is 1.77 bits per heavy atom. The molecule has 13 heavy (non-hydrogen) atoms. The molecule has 1 heterocycles. The van der Waals surface area contributed by atoms with Gasteiger partial charge in [-0.05, 0) is 32.6 Å². The van der Waals surface area contributed by atoms with Gasteiger partial charge in [-0.25, -0.2) is 0 Å². The minimum Gasteiger partial charge on any atom is -0.307 e. The Bertz CT molecular complexity index is 169. The van der Waals surface area contributed by atoms with Crippen molar-refractivity contribution < 1.29 is 0 Å². The normalized spacial score (nSPS) is 26.3. The number of nitrogens with one attached hydrogen (secondary N) is 1. The average molecular weight is 199 g/mol. The van der Waals surface area contributed by atoms with E-state index in [1.807, 2.05) is 0 Å². The molecular weight excluding hydrogens is 178 g/mol. The second-order valence-corrected chi connectivity index (χ2v) is 6.16. The molecule has 0 aromatic carbocycles. The summed E-state index contributed by atoms with van der Waals surface area (Å²) in [7, 11) is 0. The summed E-state index contributed by atoms with van der Waals surface area (Å²) in [6.45, 7) is 4.79. The van der Waals surface area contributed by atoms with Crippen LogP contribution >= 0.6 is 11.8 Å². The SMILES string of the molecule is CC(C)(NC1CSC1)C1CCCC1. The van der Waals surface area contributed by atoms with Crippen LogP contribution in [0.25, 0.3) is 0 Å². The molecule has 1 saturated heterocycles. The topological polar surface area (TPSA) is 12.0 Å². The molecule has 76 valence electrons. The van der Waals surface area contributed by atoms with Crippen molar-refractivity contribution in [3.05, 3.63) is 0 Å². The summed E-state index contributed by atoms with van der Waals surface area (Å²) >= 11 is 2.07. The van der Waals surface area contributed by atoms with Crippen LogP contribution in [0.3, 0.4) is 0 Å². The first-order valence-corrected chi connectivity index (χ1v) is 6.69. The quantitative estimate of drug-likeness (QED) is 0.750. The highest BCUT2D eigenvalue weighted by Gasteiger charge is 2.34. The van der Waals surface area contributed by atoms with Gasteiger partial charge in [-0.3, -0.25) is 0 Å². The van der Waals surface area contributed by atoms with Gasteiger partial charge in [0.2, 0.25) is 0 Å². The fourth-order valence-electron chi connectivity index (χ4n) is 2.61. The molecule has 2 aliphatic rings. The molecule has 1 saturated carbocycles. The molecule has 1 aliphatic carbocycles. The van der Waals surface area contributed by atoms with E-state index in [0.29, 0.717) is 5.54 Å². The standard InChI is InChI=1S/C11H21NS/c1-11(2,9-5-3-4-6-9)12-10-7-13-8-10/h9-10,12H,3-8H2,1-2H3. The van der Waals surface area contributed by atoms with Crippen LogP contribution in [0.5, 0.6) is 0 Å². The first-order valence-electron chi connectivity index (χ1n) is 5.54. The summed E-state index contributed by atoms with van der Waals surface area (Å²) < 4.78 is 0. The minimum absolute atomic E-state index is 0.391. The van der Waals surface area contributed by atoms with Crippen molar-refractivity contribution in [3.8, 4) is 0 Å². The largest absolute Gasteiger partial charge is 0.307 e. The van der Waals surface area contributed by atoms with Crippen LogP contribution in [-0.4, -0.2) is 23.1 Å². The molecule has 0 radical (unpaired) electrons. The summed E-state index contributed by atoms with van der Waals surface area (Å²) in [6, 6.07) is 0.806. The maximum Gasteiger partial charge on any atom is 0.0253 e. The lowest BCUT2D eigenvalue weighted by Crippen LogP contribution is -2.54. The van der Waals surface area contributed by atoms with Crippen LogP contribution in [-0.2, 0) is 0 Å². The lowest BCUT2D eigenvalue weighted by Gasteiger charge is -2.40. The van der Waals surface area contributed by atoms with Crippen molar-refractivity contribution in [1.29, 1.82) is 0 Å². The van der Waals surface area contributed by atoms with E-state index in [0.717, 1.165) is 12.0 Å². The second-order valence-electron chi connectivity index (χ2n) is 5.08. The van der Waals surface area contributed by atoms with E-state index in [1.54, 1.807) is 0 Å². The highest BCUT2D eigenvalue weighted by atomic mass is 32.2. The van der Waals surface area contributed by atoms with Crippen LogP contribution in [0.2, 0.25) is 0 Å². The second kappa shape index (κ2) is 3.82. The zero-order valence-electron chi connectivity index (χ0n) is 8.81. The predicted octanol–water partition coefficient (Wildman–Crippen LogP) is 2.66. The molecule has 0 amide bonds. The number of hydrogen-bond acceptors (Lipinski definition) is 2. The van der Waals surface area contributed by atoms with Gasteiger partial charge >= 0.3 is 0 Å². The van der Waals surface area contributed by atoms with Crippen LogP contribution in [0.4, 0.5) is 0 Å². The Kier molecular flexibility index (Phi) is 2.89. The molecule has 0 bridgehead atoms. The van der Waals surface area contributed by atoms with Crippen LogP contribution in [0.15, 0.2) is 0 Å². The van der Waals surface area contributed by atoms with Crippen LogP contribution < -0.4 is 5.32 Å². The van der Waals surface area contributed by atoms with Crippen molar-refractivity contribution in [2.75, 3.05) is 11.5 Å². The summed E-state index contributed by atoms with van der Waals surface area (Å²) in [5, 5.41) is 3.81. The predicted molar refractivity (Wildman–Crippen MR) is 60.3 cm³/mol. The van der Waals surface area contributed by atoms with E-state index in [4.69, 9.17) is 0 Å². The van der Waals surface area contributed by atoms with Crippen molar-refractivity contribution in [2.45, 2.75) is 51.1 Å². The molecule has 1 nitrogen and oxygen atoms in total. The maximum atomic E-state index is 3.81. The van der Waals surface area contributed by atoms with E-state index >= 15 is 0 Å². The van der Waals surface area contributed by atoms with Gasteiger partial charge in [-0.15, -0.1) is 0 Å². The lowest BCUT2D eigenvalue weighted by atomic mass is 9.85. The molecule has 0 aromatic rings. The van der Waals surface area contributed by atoms with Gasteiger partial charge in [0, 0.05) is 23.1 Å². The fourth-order valence-corrected chi connectivity index (χ4v) is 3.25. The molecule has 1 aliphatic heterocycles. The van der Waals surface area contributed by atoms with Gasteiger partial charge in [0.15, 0.2) is 0 Å². The first-order chi connectivity index (χ1) is 6.18. The first kappa shape index (κ1) is 9.85. The van der Waals surface area contributed by atoms with Crippen molar-refractivity contribution in [2.24, 2.45) is 5.92 Å². The highest BCUT2D eigenvalue weighted by Crippen LogP contribution is 2.35. The Balaban J connectivity index is 1.85. The number of rotatable bonds is 3. The Morgan fingerprint density at radius 1 is 1.15 bits per heavy atom. The van der Waals surface area contributed by atoms with Gasteiger partial charge in [0.1, 0.15) is 0 Å². The molecule has 2 heteroatoms. The third-order valence-corrected chi connectivity index (χ3v) is 4.87. The van der Waals surface area contributed by atoms with Crippen molar-refractivity contribution in [3.63, 3.8) is 0 Å². The average Bonchev–Trinajstić information content (AvgIpc) is 2.49. The zero-order valence-corrected chi connectivity index (χ0v) is 9.62. The molecular formula is C11H21NS. The Hall–Kier alpha value is 0.310. The smallest absolute Gasteiger partial charge is 0.0253 e. The minimum atomic E-state index is 0.391. The molecule has 0 spiro atoms. The number of thioether (sulfide) groups is 1. The monoisotopic (exact) mass is 199 g/mol. The van der Waals surface area contributed by atoms with E-state index in [-0.39, 0.29) is 0 Å². The van der Waals surface area contributed by atoms with E-state index in [2.05, 4.69) is 30.9 Å². The third-order valence-electron chi connectivity index (χ3n) is 3.59. The molecule has 0 aromatic heterocycles. The van der Waals surface area contributed by atoms with E-state index < -0.39 is 0 Å². The highest BCUT2D eigenvalue weighted by molar-refractivity contribution is 8.00. The summed E-state index contributed by atoms with van der Waals surface area (Å²) in [5.41, 5.74) is 0.391. The summed E-state index contributed by atoms with van der Waals surface area (Å²) in [6.07, 6.45) is 5.80.